The highest BCUT2D eigenvalue weighted by Gasteiger charge is 2.50. The number of ether oxygens (including phenoxy) is 2. The molecule has 5 atom stereocenters. The summed E-state index contributed by atoms with van der Waals surface area (Å²) in [6, 6.07) is 8.89. The van der Waals surface area contributed by atoms with Crippen molar-refractivity contribution in [3.05, 3.63) is 48.0 Å². The predicted molar refractivity (Wildman–Crippen MR) is 101 cm³/mol. The monoisotopic (exact) mass is 372 g/mol. The van der Waals surface area contributed by atoms with Crippen molar-refractivity contribution in [1.29, 1.82) is 0 Å². The van der Waals surface area contributed by atoms with E-state index < -0.39 is 6.10 Å². The fraction of sp³-hybridized carbons (Fsp3) is 0.545. The molecular weight excluding hydrogens is 344 g/mol. The number of carbonyl (C=O) groups is 2. The lowest BCUT2D eigenvalue weighted by molar-refractivity contribution is -0.141. The van der Waals surface area contributed by atoms with Crippen molar-refractivity contribution in [3.8, 4) is 0 Å². The van der Waals surface area contributed by atoms with E-state index in [9.17, 15) is 14.7 Å². The van der Waals surface area contributed by atoms with Crippen molar-refractivity contribution < 1.29 is 24.2 Å². The maximum atomic E-state index is 12.4. The van der Waals surface area contributed by atoms with Gasteiger partial charge in [-0.05, 0) is 18.6 Å². The van der Waals surface area contributed by atoms with E-state index in [2.05, 4.69) is 6.92 Å². The maximum absolute atomic E-state index is 12.4. The molecule has 0 aromatic heterocycles. The fourth-order valence-electron chi connectivity index (χ4n) is 4.03. The number of aliphatic hydroxyl groups excluding tert-OH is 1. The van der Waals surface area contributed by atoms with Crippen molar-refractivity contribution in [3.63, 3.8) is 0 Å². The molecule has 5 heteroatoms. The second kappa shape index (κ2) is 9.18. The van der Waals surface area contributed by atoms with Gasteiger partial charge in [-0.25, -0.2) is 4.79 Å². The third-order valence-corrected chi connectivity index (χ3v) is 5.48. The number of fused-ring (bicyclic) bond motifs is 1. The smallest absolute Gasteiger partial charge is 0.338 e. The lowest BCUT2D eigenvalue weighted by Crippen LogP contribution is -2.25. The molecule has 146 valence electrons. The van der Waals surface area contributed by atoms with E-state index in [1.54, 1.807) is 30.3 Å². The molecule has 1 saturated heterocycles. The van der Waals surface area contributed by atoms with Crippen LogP contribution >= 0.6 is 0 Å². The summed E-state index contributed by atoms with van der Waals surface area (Å²) in [6.07, 6.45) is 7.39. The molecule has 1 aromatic carbocycles. The second-order valence-corrected chi connectivity index (χ2v) is 7.47. The van der Waals surface area contributed by atoms with Gasteiger partial charge in [-0.2, -0.15) is 0 Å². The van der Waals surface area contributed by atoms with Crippen LogP contribution in [0.25, 0.3) is 0 Å². The van der Waals surface area contributed by atoms with E-state index in [1.807, 2.05) is 12.1 Å². The quantitative estimate of drug-likeness (QED) is 0.428. The Kier molecular flexibility index (Phi) is 6.67. The Morgan fingerprint density at radius 2 is 2.11 bits per heavy atom. The van der Waals surface area contributed by atoms with Gasteiger partial charge in [0.2, 0.25) is 0 Å². The lowest BCUT2D eigenvalue weighted by Gasteiger charge is -2.20. The largest absolute Gasteiger partial charge is 0.462 e. The zero-order valence-electron chi connectivity index (χ0n) is 15.8. The lowest BCUT2D eigenvalue weighted by atomic mass is 9.91. The van der Waals surface area contributed by atoms with Gasteiger partial charge in [0.05, 0.1) is 18.1 Å². The molecule has 1 aliphatic carbocycles. The first-order valence-corrected chi connectivity index (χ1v) is 9.90. The van der Waals surface area contributed by atoms with Crippen LogP contribution in [-0.4, -0.2) is 35.4 Å². The van der Waals surface area contributed by atoms with Gasteiger partial charge in [0.25, 0.3) is 0 Å². The van der Waals surface area contributed by atoms with Crippen LogP contribution in [0.15, 0.2) is 42.5 Å². The zero-order valence-corrected chi connectivity index (χ0v) is 15.8. The number of benzene rings is 1. The Labute approximate surface area is 160 Å². The fourth-order valence-corrected chi connectivity index (χ4v) is 4.03. The summed E-state index contributed by atoms with van der Waals surface area (Å²) in [4.78, 5) is 24.1. The van der Waals surface area contributed by atoms with Gasteiger partial charge in [0.15, 0.2) is 0 Å². The number of unbranched alkanes of at least 4 members (excludes halogenated alkanes) is 2. The van der Waals surface area contributed by atoms with Gasteiger partial charge < -0.3 is 14.6 Å². The van der Waals surface area contributed by atoms with Crippen LogP contribution in [0.3, 0.4) is 0 Å². The molecule has 0 bridgehead atoms. The first-order valence-electron chi connectivity index (χ1n) is 9.90. The Morgan fingerprint density at radius 1 is 1.33 bits per heavy atom. The molecule has 0 radical (unpaired) electrons. The Balaban J connectivity index is 1.66. The van der Waals surface area contributed by atoms with E-state index in [1.165, 1.54) is 0 Å². The van der Waals surface area contributed by atoms with Gasteiger partial charge in [-0.1, -0.05) is 56.5 Å². The Morgan fingerprint density at radius 3 is 2.85 bits per heavy atom. The van der Waals surface area contributed by atoms with Gasteiger partial charge >= 0.3 is 11.9 Å². The molecule has 0 amide bonds. The van der Waals surface area contributed by atoms with Crippen LogP contribution in [0.5, 0.6) is 0 Å². The number of rotatable bonds is 8. The maximum Gasteiger partial charge on any atom is 0.338 e. The van der Waals surface area contributed by atoms with Gasteiger partial charge in [-0.3, -0.25) is 4.79 Å². The minimum atomic E-state index is -0.515. The summed E-state index contributed by atoms with van der Waals surface area (Å²) >= 11 is 0. The molecular formula is C22H28O5. The third kappa shape index (κ3) is 4.98. The summed E-state index contributed by atoms with van der Waals surface area (Å²) in [5.74, 6) is -0.673. The van der Waals surface area contributed by atoms with Gasteiger partial charge in [0.1, 0.15) is 12.2 Å². The zero-order chi connectivity index (χ0) is 19.2. The summed E-state index contributed by atoms with van der Waals surface area (Å²) in [6.45, 7) is 2.13. The number of carbonyl (C=O) groups excluding carboxylic acids is 2. The summed E-state index contributed by atoms with van der Waals surface area (Å²) in [7, 11) is 0. The normalized spacial score (nSPS) is 28.1. The van der Waals surface area contributed by atoms with Crippen LogP contribution in [0.2, 0.25) is 0 Å². The summed E-state index contributed by atoms with van der Waals surface area (Å²) in [5, 5.41) is 10.2. The number of esters is 2. The van der Waals surface area contributed by atoms with Gasteiger partial charge in [-0.15, -0.1) is 0 Å². The van der Waals surface area contributed by atoms with E-state index in [-0.39, 0.29) is 36.0 Å². The van der Waals surface area contributed by atoms with Crippen molar-refractivity contribution in [2.24, 2.45) is 11.8 Å². The third-order valence-electron chi connectivity index (χ3n) is 5.48. The van der Waals surface area contributed by atoms with Crippen molar-refractivity contribution in [1.82, 2.24) is 0 Å². The molecule has 2 aliphatic rings. The molecule has 1 heterocycles. The number of hydrogen-bond acceptors (Lipinski definition) is 5. The van der Waals surface area contributed by atoms with Crippen molar-refractivity contribution in [2.75, 3.05) is 0 Å². The molecule has 3 rings (SSSR count). The minimum absolute atomic E-state index is 0.00478. The first kappa shape index (κ1) is 19.6. The Bertz CT molecular complexity index is 669. The van der Waals surface area contributed by atoms with Crippen LogP contribution in [0.1, 0.15) is 55.8 Å². The SMILES string of the molecule is CCCCCC(O)/C=C/[C@@H]1[C@H]2CC(=O)O[C@H]2C[C@H]1OC(=O)c1ccccc1. The first-order chi connectivity index (χ1) is 13.1. The van der Waals surface area contributed by atoms with Crippen LogP contribution in [0.4, 0.5) is 0 Å². The van der Waals surface area contributed by atoms with E-state index in [0.29, 0.717) is 18.4 Å². The van der Waals surface area contributed by atoms with Crippen LogP contribution < -0.4 is 0 Å². The Hall–Kier alpha value is -2.14. The van der Waals surface area contributed by atoms with Crippen LogP contribution in [0, 0.1) is 11.8 Å². The molecule has 1 saturated carbocycles. The topological polar surface area (TPSA) is 72.8 Å². The van der Waals surface area contributed by atoms with Crippen molar-refractivity contribution >= 4 is 11.9 Å². The molecule has 0 spiro atoms. The highest BCUT2D eigenvalue weighted by atomic mass is 16.6. The van der Waals surface area contributed by atoms with Crippen LogP contribution in [-0.2, 0) is 14.3 Å². The predicted octanol–water partition coefficient (Wildman–Crippen LogP) is 3.66. The standard InChI is InChI=1S/C22H28O5/c1-2-3-5-10-16(23)11-12-17-18-13-21(24)26-20(18)14-19(17)27-22(25)15-8-6-4-7-9-15/h4,6-9,11-12,16-20,23H,2-3,5,10,13-14H2,1H3/b12-11+/t16?,17-,18-,19-,20+/m1/s1. The van der Waals surface area contributed by atoms with Crippen molar-refractivity contribution in [2.45, 2.75) is 63.8 Å². The molecule has 2 fully saturated rings. The molecule has 1 aromatic rings. The average molecular weight is 372 g/mol. The number of aliphatic hydroxyl groups is 1. The summed E-state index contributed by atoms with van der Waals surface area (Å²) < 4.78 is 11.1. The minimum Gasteiger partial charge on any atom is -0.462 e. The van der Waals surface area contributed by atoms with E-state index in [4.69, 9.17) is 9.47 Å². The molecule has 27 heavy (non-hydrogen) atoms. The molecule has 1 N–H and O–H groups in total. The summed E-state index contributed by atoms with van der Waals surface area (Å²) in [5.41, 5.74) is 0.508. The van der Waals surface area contributed by atoms with E-state index >= 15 is 0 Å². The molecule has 5 nitrogen and oxygen atoms in total. The van der Waals surface area contributed by atoms with E-state index in [0.717, 1.165) is 25.7 Å². The molecule has 1 aliphatic heterocycles. The highest BCUT2D eigenvalue weighted by Crippen LogP contribution is 2.43. The van der Waals surface area contributed by atoms with Gasteiger partial charge in [0, 0.05) is 18.3 Å². The number of hydrogen-bond donors (Lipinski definition) is 1. The highest BCUT2D eigenvalue weighted by molar-refractivity contribution is 5.89. The second-order valence-electron chi connectivity index (χ2n) is 7.47. The average Bonchev–Trinajstić information content (AvgIpc) is 3.16. The molecule has 1 unspecified atom stereocenters.